The van der Waals surface area contributed by atoms with Crippen LogP contribution in [0.2, 0.25) is 0 Å². The molecule has 0 spiro atoms. The molecule has 7 aromatic rings. The standard InChI is InChI=1S/C48H57N12.Mn/c1-9-53-25-26-54(10-2)45(53)41-33-17-19-35(49-33)42(46-55(11-3)27-28-56(46)12-4)37-21-23-39(51-37)44(48-59(15-7)31-32-60(48)16-8)40-24-22-38(52-40)43(36-20-18-34(41)50-36)47-57(13-5)29-30-58(47)14-6;/h17-32H,9-16H2,1-8H3,(H,49,50,51,52);/q2*+3/p+1. The number of fused-ring (bicyclic) bond motifs is 8. The molecule has 2 aliphatic heterocycles. The van der Waals surface area contributed by atoms with E-state index >= 15 is 0 Å². The Labute approximate surface area is 368 Å². The van der Waals surface area contributed by atoms with Crippen molar-refractivity contribution in [1.82, 2.24) is 38.2 Å². The van der Waals surface area contributed by atoms with Crippen molar-refractivity contribution in [2.24, 2.45) is 0 Å². The van der Waals surface area contributed by atoms with E-state index in [1.807, 2.05) is 0 Å². The van der Waals surface area contributed by atoms with Gasteiger partial charge in [-0.25, -0.2) is 46.5 Å². The zero-order valence-corrected chi connectivity index (χ0v) is 37.9. The predicted molar refractivity (Wildman–Crippen MR) is 239 cm³/mol. The summed E-state index contributed by atoms with van der Waals surface area (Å²) in [5.41, 5.74) is 11.9. The summed E-state index contributed by atoms with van der Waals surface area (Å²) in [5, 5.41) is 0. The van der Waals surface area contributed by atoms with Crippen LogP contribution in [0.15, 0.2) is 73.8 Å². The van der Waals surface area contributed by atoms with Crippen LogP contribution in [0, 0.1) is 0 Å². The van der Waals surface area contributed by atoms with E-state index in [1.54, 1.807) is 0 Å². The van der Waals surface area contributed by atoms with Crippen molar-refractivity contribution in [3.05, 3.63) is 96.6 Å². The summed E-state index contributed by atoms with van der Waals surface area (Å²) in [4.78, 5) is 19.2. The average Bonchev–Trinajstić information content (AvgIpc) is 4.13. The number of H-pyrrole nitrogens is 2. The van der Waals surface area contributed by atoms with Gasteiger partial charge >= 0.3 is 17.1 Å². The molecule has 0 fully saturated rings. The smallest absolute Gasteiger partial charge is 0.354 e. The van der Waals surface area contributed by atoms with Gasteiger partial charge < -0.3 is 9.97 Å². The maximum atomic E-state index is 5.62. The van der Waals surface area contributed by atoms with Crippen molar-refractivity contribution in [2.75, 3.05) is 0 Å². The molecule has 0 aliphatic carbocycles. The number of aromatic nitrogens is 12. The van der Waals surface area contributed by atoms with E-state index in [-0.39, 0.29) is 17.1 Å². The first kappa shape index (κ1) is 41.7. The van der Waals surface area contributed by atoms with Crippen LogP contribution < -0.4 is 18.3 Å². The van der Waals surface area contributed by atoms with E-state index in [0.29, 0.717) is 0 Å². The van der Waals surface area contributed by atoms with Gasteiger partial charge in [0.2, 0.25) is 0 Å². The number of aromatic amines is 2. The molecule has 9 rings (SSSR count). The number of hydrogen-bond donors (Lipinski definition) is 2. The third kappa shape index (κ3) is 6.84. The van der Waals surface area contributed by atoms with Gasteiger partial charge in [-0.05, 0) is 104 Å². The Morgan fingerprint density at radius 2 is 0.656 bits per heavy atom. The zero-order chi connectivity index (χ0) is 41.7. The van der Waals surface area contributed by atoms with Gasteiger partial charge in [0.25, 0.3) is 23.3 Å². The van der Waals surface area contributed by atoms with Gasteiger partial charge in [0.05, 0.1) is 97.2 Å². The van der Waals surface area contributed by atoms with Crippen molar-refractivity contribution < 1.29 is 35.3 Å². The molecule has 13 heteroatoms. The molecule has 0 amide bonds. The van der Waals surface area contributed by atoms with E-state index in [9.17, 15) is 0 Å². The second-order valence-corrected chi connectivity index (χ2v) is 15.3. The molecule has 310 valence electrons. The largest absolute Gasteiger partial charge is 3.00 e. The van der Waals surface area contributed by atoms with Crippen LogP contribution in [0.1, 0.15) is 78.2 Å². The minimum absolute atomic E-state index is 0. The van der Waals surface area contributed by atoms with Crippen LogP contribution in [-0.2, 0) is 69.4 Å². The molecule has 0 saturated carbocycles. The number of nitrogens with one attached hydrogen (secondary N) is 2. The van der Waals surface area contributed by atoms with E-state index < -0.39 is 0 Å². The minimum Gasteiger partial charge on any atom is -0.354 e. The van der Waals surface area contributed by atoms with Gasteiger partial charge in [-0.15, -0.1) is 0 Å². The molecule has 0 radical (unpaired) electrons. The second-order valence-electron chi connectivity index (χ2n) is 15.3. The first-order valence-electron chi connectivity index (χ1n) is 21.9. The van der Waals surface area contributed by atoms with Gasteiger partial charge in [-0.3, -0.25) is 0 Å². The van der Waals surface area contributed by atoms with Crippen LogP contribution in [0.3, 0.4) is 0 Å². The molecule has 0 unspecified atom stereocenters. The van der Waals surface area contributed by atoms with Crippen LogP contribution in [0.25, 0.3) is 91.9 Å². The maximum Gasteiger partial charge on any atom is 3.00 e. The summed E-state index contributed by atoms with van der Waals surface area (Å²) in [5.74, 6) is 4.45. The van der Waals surface area contributed by atoms with Crippen LogP contribution in [-0.4, -0.2) is 38.2 Å². The van der Waals surface area contributed by atoms with E-state index in [0.717, 1.165) is 143 Å². The number of nitrogens with zero attached hydrogens (tertiary/aromatic N) is 10. The molecule has 0 aromatic carbocycles. The maximum absolute atomic E-state index is 5.62. The Bertz CT molecular complexity index is 2760. The summed E-state index contributed by atoms with van der Waals surface area (Å²) < 4.78 is 18.6. The number of imidazole rings is 4. The van der Waals surface area contributed by atoms with Gasteiger partial charge in [-0.1, -0.05) is 0 Å². The molecular weight excluding hydrogens is 800 g/mol. The molecule has 2 N–H and O–H groups in total. The van der Waals surface area contributed by atoms with E-state index in [2.05, 4.69) is 200 Å². The SMILES string of the molecule is CCn1cc[n+](CC)c1-c1c2nc(c(-c3n(CC)cc[n+]3CC)c3ccc([nH]3)c(-c3n(CC)cc[n+]3CC)c3ccc([nH]3)c(-c3n(CC)cc[n+]3CC)c3nc1C=C3)C=C2.[Mn+3]. The predicted octanol–water partition coefficient (Wildman–Crippen LogP) is 7.84. The van der Waals surface area contributed by atoms with Crippen LogP contribution >= 0.6 is 0 Å². The normalized spacial score (nSPS) is 12.2. The average molecular weight is 858 g/mol. The minimum atomic E-state index is 0. The van der Waals surface area contributed by atoms with Gasteiger partial charge in [0.1, 0.15) is 71.8 Å². The molecule has 9 heterocycles. The number of hydrogen-bond acceptors (Lipinski definition) is 2. The Hall–Kier alpha value is -6.04. The molecule has 7 aromatic heterocycles. The summed E-state index contributed by atoms with van der Waals surface area (Å²) in [6, 6.07) is 8.96. The van der Waals surface area contributed by atoms with Crippen molar-refractivity contribution in [3.63, 3.8) is 0 Å². The first-order valence-corrected chi connectivity index (χ1v) is 21.9. The quantitative estimate of drug-likeness (QED) is 0.0969. The van der Waals surface area contributed by atoms with E-state index in [1.165, 1.54) is 0 Å². The molecule has 12 nitrogen and oxygen atoms in total. The molecule has 8 bridgehead atoms. The van der Waals surface area contributed by atoms with Crippen molar-refractivity contribution in [1.29, 1.82) is 0 Å². The summed E-state index contributed by atoms with van der Waals surface area (Å²) >= 11 is 0. The molecule has 0 saturated heterocycles. The van der Waals surface area contributed by atoms with E-state index in [4.69, 9.17) is 9.97 Å². The van der Waals surface area contributed by atoms with Crippen molar-refractivity contribution >= 4 is 46.4 Å². The molecule has 2 aliphatic rings. The van der Waals surface area contributed by atoms with Gasteiger partial charge in [0, 0.05) is 0 Å². The van der Waals surface area contributed by atoms with Gasteiger partial charge in [-0.2, -0.15) is 0 Å². The zero-order valence-electron chi connectivity index (χ0n) is 36.7. The summed E-state index contributed by atoms with van der Waals surface area (Å²) in [6.45, 7) is 24.3. The Morgan fingerprint density at radius 1 is 0.393 bits per heavy atom. The first-order chi connectivity index (χ1) is 29.4. The summed E-state index contributed by atoms with van der Waals surface area (Å²) in [6.07, 6.45) is 26.3. The Morgan fingerprint density at radius 3 is 0.951 bits per heavy atom. The third-order valence-corrected chi connectivity index (χ3v) is 12.3. The number of aryl methyl sites for hydroxylation is 8. The molecule has 0 atom stereocenters. The van der Waals surface area contributed by atoms with Crippen LogP contribution in [0.5, 0.6) is 0 Å². The monoisotopic (exact) mass is 857 g/mol. The second kappa shape index (κ2) is 17.1. The fraction of sp³-hybridized carbons (Fsp3) is 0.333. The fourth-order valence-corrected chi connectivity index (χ4v) is 9.21. The Balaban J connectivity index is 0.00000514. The van der Waals surface area contributed by atoms with Crippen LogP contribution in [0.4, 0.5) is 0 Å². The van der Waals surface area contributed by atoms with Crippen molar-refractivity contribution in [3.8, 4) is 45.6 Å². The number of rotatable bonds is 12. The van der Waals surface area contributed by atoms with Gasteiger partial charge in [0.15, 0.2) is 0 Å². The molecular formula is C48H58MnN12+7. The Kier molecular flexibility index (Phi) is 11.7. The molecule has 61 heavy (non-hydrogen) atoms. The fourth-order valence-electron chi connectivity index (χ4n) is 9.21. The third-order valence-electron chi connectivity index (χ3n) is 12.3. The topological polar surface area (TPSA) is 92.6 Å². The van der Waals surface area contributed by atoms with Crippen molar-refractivity contribution in [2.45, 2.75) is 108 Å². The summed E-state index contributed by atoms with van der Waals surface area (Å²) in [7, 11) is 0.